The van der Waals surface area contributed by atoms with E-state index in [1.165, 1.54) is 17.8 Å². The van der Waals surface area contributed by atoms with Gasteiger partial charge in [0.1, 0.15) is 0 Å². The first-order chi connectivity index (χ1) is 3.81. The van der Waals surface area contributed by atoms with Gasteiger partial charge in [-0.2, -0.15) is 0 Å². The van der Waals surface area contributed by atoms with E-state index >= 15 is 0 Å². The third kappa shape index (κ3) is 3.89. The standard InChI is InChI=1S/C5H9NOS/c1-2-5(7)8-4-3-6/h2H,1,3-4,6H2. The molecule has 0 aromatic heterocycles. The summed E-state index contributed by atoms with van der Waals surface area (Å²) in [6.07, 6.45) is 1.29. The maximum atomic E-state index is 10.4. The second-order valence-electron chi connectivity index (χ2n) is 1.16. The van der Waals surface area contributed by atoms with Gasteiger partial charge in [-0.05, 0) is 6.08 Å². The molecular weight excluding hydrogens is 122 g/mol. The van der Waals surface area contributed by atoms with Gasteiger partial charge in [0.05, 0.1) is 0 Å². The highest BCUT2D eigenvalue weighted by atomic mass is 32.2. The molecule has 0 atom stereocenters. The molecule has 0 radical (unpaired) electrons. The topological polar surface area (TPSA) is 43.1 Å². The molecule has 0 aliphatic carbocycles. The number of hydrogen-bond acceptors (Lipinski definition) is 3. The molecule has 46 valence electrons. The van der Waals surface area contributed by atoms with Crippen molar-refractivity contribution in [3.05, 3.63) is 12.7 Å². The quantitative estimate of drug-likeness (QED) is 0.563. The Hall–Kier alpha value is -0.280. The summed E-state index contributed by atoms with van der Waals surface area (Å²) in [5.74, 6) is 0.685. The van der Waals surface area contributed by atoms with Crippen LogP contribution in [0, 0.1) is 0 Å². The first kappa shape index (κ1) is 7.72. The largest absolute Gasteiger partial charge is 0.330 e. The Balaban J connectivity index is 3.11. The van der Waals surface area contributed by atoms with E-state index in [2.05, 4.69) is 6.58 Å². The van der Waals surface area contributed by atoms with Crippen LogP contribution < -0.4 is 5.73 Å². The minimum absolute atomic E-state index is 0.00421. The zero-order chi connectivity index (χ0) is 6.41. The maximum Gasteiger partial charge on any atom is 0.211 e. The highest BCUT2D eigenvalue weighted by Gasteiger charge is 1.91. The van der Waals surface area contributed by atoms with Crippen molar-refractivity contribution in [2.45, 2.75) is 0 Å². The third-order valence-electron chi connectivity index (χ3n) is 0.529. The number of nitrogens with two attached hydrogens (primary N) is 1. The van der Waals surface area contributed by atoms with Crippen molar-refractivity contribution in [1.29, 1.82) is 0 Å². The van der Waals surface area contributed by atoms with Crippen LogP contribution in [-0.4, -0.2) is 17.4 Å². The zero-order valence-electron chi connectivity index (χ0n) is 4.59. The van der Waals surface area contributed by atoms with E-state index in [-0.39, 0.29) is 5.12 Å². The maximum absolute atomic E-state index is 10.4. The van der Waals surface area contributed by atoms with E-state index in [9.17, 15) is 4.79 Å². The average molecular weight is 131 g/mol. The molecule has 0 fully saturated rings. The summed E-state index contributed by atoms with van der Waals surface area (Å²) in [7, 11) is 0. The van der Waals surface area contributed by atoms with Crippen LogP contribution in [0.2, 0.25) is 0 Å². The van der Waals surface area contributed by atoms with Crippen molar-refractivity contribution < 1.29 is 4.79 Å². The van der Waals surface area contributed by atoms with E-state index in [0.29, 0.717) is 12.3 Å². The van der Waals surface area contributed by atoms with Gasteiger partial charge >= 0.3 is 0 Å². The molecule has 0 amide bonds. The predicted molar refractivity (Wildman–Crippen MR) is 36.7 cm³/mol. The molecule has 2 nitrogen and oxygen atoms in total. The molecule has 0 saturated carbocycles. The van der Waals surface area contributed by atoms with Crippen LogP contribution in [0.5, 0.6) is 0 Å². The first-order valence-corrected chi connectivity index (χ1v) is 3.29. The molecule has 0 saturated heterocycles. The lowest BCUT2D eigenvalue weighted by atomic mass is 10.7. The molecule has 0 bridgehead atoms. The highest BCUT2D eigenvalue weighted by molar-refractivity contribution is 8.14. The van der Waals surface area contributed by atoms with Gasteiger partial charge in [-0.25, -0.2) is 0 Å². The smallest absolute Gasteiger partial charge is 0.211 e. The number of carbonyl (C=O) groups excluding carboxylic acids is 1. The summed E-state index contributed by atoms with van der Waals surface area (Å²) in [4.78, 5) is 10.4. The molecular formula is C5H9NOS. The van der Waals surface area contributed by atoms with Gasteiger partial charge in [0, 0.05) is 12.3 Å². The van der Waals surface area contributed by atoms with Crippen LogP contribution in [0.25, 0.3) is 0 Å². The SMILES string of the molecule is C=CC(=O)SCCN. The molecule has 0 aromatic rings. The van der Waals surface area contributed by atoms with E-state index < -0.39 is 0 Å². The molecule has 8 heavy (non-hydrogen) atoms. The molecule has 2 N–H and O–H groups in total. The molecule has 0 rings (SSSR count). The molecule has 0 heterocycles. The second-order valence-corrected chi connectivity index (χ2v) is 2.26. The monoisotopic (exact) mass is 131 g/mol. The van der Waals surface area contributed by atoms with Gasteiger partial charge in [-0.3, -0.25) is 4.79 Å². The van der Waals surface area contributed by atoms with Crippen molar-refractivity contribution in [2.75, 3.05) is 12.3 Å². The van der Waals surface area contributed by atoms with Gasteiger partial charge in [-0.1, -0.05) is 18.3 Å². The lowest BCUT2D eigenvalue weighted by Gasteiger charge is -1.88. The Labute approximate surface area is 53.1 Å². The van der Waals surface area contributed by atoms with Crippen LogP contribution >= 0.6 is 11.8 Å². The van der Waals surface area contributed by atoms with Crippen molar-refractivity contribution >= 4 is 16.9 Å². The summed E-state index contributed by atoms with van der Waals surface area (Å²) >= 11 is 1.19. The summed E-state index contributed by atoms with van der Waals surface area (Å²) in [6, 6.07) is 0. The summed E-state index contributed by atoms with van der Waals surface area (Å²) in [5.41, 5.74) is 5.12. The van der Waals surface area contributed by atoms with E-state index in [1.54, 1.807) is 0 Å². The van der Waals surface area contributed by atoms with Gasteiger partial charge in [0.25, 0.3) is 0 Å². The van der Waals surface area contributed by atoms with Crippen LogP contribution in [0.15, 0.2) is 12.7 Å². The van der Waals surface area contributed by atoms with Crippen molar-refractivity contribution in [3.63, 3.8) is 0 Å². The molecule has 3 heteroatoms. The van der Waals surface area contributed by atoms with Gasteiger partial charge in [0.2, 0.25) is 5.12 Å². The Morgan fingerprint density at radius 3 is 2.88 bits per heavy atom. The highest BCUT2D eigenvalue weighted by Crippen LogP contribution is 1.98. The number of hydrogen-bond donors (Lipinski definition) is 1. The van der Waals surface area contributed by atoms with Crippen LogP contribution in [0.1, 0.15) is 0 Å². The lowest BCUT2D eigenvalue weighted by molar-refractivity contribution is -0.107. The molecule has 0 aliphatic heterocycles. The Kier molecular flexibility index (Phi) is 4.70. The fourth-order valence-electron chi connectivity index (χ4n) is 0.218. The summed E-state index contributed by atoms with van der Waals surface area (Å²) in [6.45, 7) is 3.85. The fourth-order valence-corrected chi connectivity index (χ4v) is 0.655. The molecule has 0 aliphatic rings. The number of thioether (sulfide) groups is 1. The van der Waals surface area contributed by atoms with Crippen LogP contribution in [0.3, 0.4) is 0 Å². The molecule has 0 spiro atoms. The lowest BCUT2D eigenvalue weighted by Crippen LogP contribution is -2.02. The number of carbonyl (C=O) groups is 1. The van der Waals surface area contributed by atoms with E-state index in [1.807, 2.05) is 0 Å². The normalized spacial score (nSPS) is 8.62. The second kappa shape index (κ2) is 4.87. The third-order valence-corrected chi connectivity index (χ3v) is 1.42. The van der Waals surface area contributed by atoms with E-state index in [0.717, 1.165) is 0 Å². The minimum Gasteiger partial charge on any atom is -0.330 e. The van der Waals surface area contributed by atoms with Crippen LogP contribution in [0.4, 0.5) is 0 Å². The minimum atomic E-state index is -0.00421. The van der Waals surface area contributed by atoms with Gasteiger partial charge in [-0.15, -0.1) is 0 Å². The van der Waals surface area contributed by atoms with Crippen LogP contribution in [-0.2, 0) is 4.79 Å². The number of rotatable bonds is 3. The van der Waals surface area contributed by atoms with Gasteiger partial charge < -0.3 is 5.73 Å². The first-order valence-electron chi connectivity index (χ1n) is 2.30. The Bertz CT molecular complexity index is 92.4. The van der Waals surface area contributed by atoms with Crippen molar-refractivity contribution in [2.24, 2.45) is 5.73 Å². The Morgan fingerprint density at radius 1 is 1.88 bits per heavy atom. The Morgan fingerprint density at radius 2 is 2.50 bits per heavy atom. The molecule has 0 aromatic carbocycles. The fraction of sp³-hybridized carbons (Fsp3) is 0.400. The predicted octanol–water partition coefficient (Wildman–Crippen LogP) is 0.391. The zero-order valence-corrected chi connectivity index (χ0v) is 5.41. The van der Waals surface area contributed by atoms with Crippen molar-refractivity contribution in [1.82, 2.24) is 0 Å². The summed E-state index contributed by atoms with van der Waals surface area (Å²) in [5, 5.41) is -0.00421. The van der Waals surface area contributed by atoms with E-state index in [4.69, 9.17) is 5.73 Å². The van der Waals surface area contributed by atoms with Crippen molar-refractivity contribution in [3.8, 4) is 0 Å². The average Bonchev–Trinajstić information content (AvgIpc) is 1.83. The van der Waals surface area contributed by atoms with Gasteiger partial charge in [0.15, 0.2) is 0 Å². The molecule has 0 unspecified atom stereocenters. The summed E-state index contributed by atoms with van der Waals surface area (Å²) < 4.78 is 0.